The molecule has 3 nitrogen and oxygen atoms in total. The summed E-state index contributed by atoms with van der Waals surface area (Å²) in [6, 6.07) is 8.88. The van der Waals surface area contributed by atoms with E-state index in [9.17, 15) is 0 Å². The smallest absolute Gasteiger partial charge is 0.181 e. The summed E-state index contributed by atoms with van der Waals surface area (Å²) in [6.07, 6.45) is 5.92. The number of rotatable bonds is 4. The zero-order valence-corrected chi connectivity index (χ0v) is 9.89. The standard InChI is InChI=1S/C14H16N2O/c1-10(11-2-3-11)16-13-6-4-12(5-7-13)14-8-15-9-17-14/h4-11,16H,2-3H2,1H3. The average molecular weight is 228 g/mol. The van der Waals surface area contributed by atoms with Crippen molar-refractivity contribution in [3.05, 3.63) is 36.9 Å². The van der Waals surface area contributed by atoms with Gasteiger partial charge in [-0.25, -0.2) is 4.98 Å². The quantitative estimate of drug-likeness (QED) is 0.869. The van der Waals surface area contributed by atoms with Crippen LogP contribution in [0.4, 0.5) is 5.69 Å². The summed E-state index contributed by atoms with van der Waals surface area (Å²) in [5.41, 5.74) is 2.24. The number of oxazole rings is 1. The van der Waals surface area contributed by atoms with Crippen LogP contribution < -0.4 is 5.32 Å². The Bertz CT molecular complexity index is 471. The molecule has 1 N–H and O–H groups in total. The molecule has 1 aliphatic rings. The number of aromatic nitrogens is 1. The van der Waals surface area contributed by atoms with E-state index in [4.69, 9.17) is 4.42 Å². The molecule has 0 amide bonds. The molecule has 1 atom stereocenters. The van der Waals surface area contributed by atoms with Gasteiger partial charge in [0.15, 0.2) is 12.2 Å². The molecular weight excluding hydrogens is 212 g/mol. The van der Waals surface area contributed by atoms with Crippen LogP contribution in [0.3, 0.4) is 0 Å². The van der Waals surface area contributed by atoms with Gasteiger partial charge in [-0.3, -0.25) is 0 Å². The first kappa shape index (κ1) is 10.4. The van der Waals surface area contributed by atoms with Crippen LogP contribution in [0.2, 0.25) is 0 Å². The van der Waals surface area contributed by atoms with Crippen LogP contribution >= 0.6 is 0 Å². The van der Waals surface area contributed by atoms with Gasteiger partial charge in [0.2, 0.25) is 0 Å². The van der Waals surface area contributed by atoms with Gasteiger partial charge in [0.05, 0.1) is 6.20 Å². The molecular formula is C14H16N2O. The Kier molecular flexibility index (Phi) is 2.59. The molecule has 2 aromatic rings. The average Bonchev–Trinajstić information content (AvgIpc) is 3.07. The second-order valence-electron chi connectivity index (χ2n) is 4.71. The van der Waals surface area contributed by atoms with Crippen LogP contribution in [-0.2, 0) is 0 Å². The predicted octanol–water partition coefficient (Wildman–Crippen LogP) is 3.55. The Morgan fingerprint density at radius 2 is 2.06 bits per heavy atom. The lowest BCUT2D eigenvalue weighted by molar-refractivity contribution is 0.572. The van der Waals surface area contributed by atoms with Crippen molar-refractivity contribution in [2.45, 2.75) is 25.8 Å². The van der Waals surface area contributed by atoms with Gasteiger partial charge in [-0.1, -0.05) is 0 Å². The van der Waals surface area contributed by atoms with E-state index in [2.05, 4.69) is 41.5 Å². The topological polar surface area (TPSA) is 38.1 Å². The van der Waals surface area contributed by atoms with Gasteiger partial charge in [-0.05, 0) is 49.9 Å². The molecule has 1 aliphatic carbocycles. The Morgan fingerprint density at radius 1 is 1.29 bits per heavy atom. The van der Waals surface area contributed by atoms with Crippen LogP contribution in [-0.4, -0.2) is 11.0 Å². The summed E-state index contributed by atoms with van der Waals surface area (Å²) in [4.78, 5) is 3.92. The minimum absolute atomic E-state index is 0.575. The first-order chi connectivity index (χ1) is 8.33. The lowest BCUT2D eigenvalue weighted by atomic mass is 10.1. The normalized spacial score (nSPS) is 16.8. The SMILES string of the molecule is CC(Nc1ccc(-c2cnco2)cc1)C1CC1. The van der Waals surface area contributed by atoms with Gasteiger partial charge in [0.25, 0.3) is 0 Å². The number of nitrogens with zero attached hydrogens (tertiary/aromatic N) is 1. The first-order valence-corrected chi connectivity index (χ1v) is 6.08. The van der Waals surface area contributed by atoms with Crippen molar-refractivity contribution in [1.29, 1.82) is 0 Å². The third kappa shape index (κ3) is 2.33. The van der Waals surface area contributed by atoms with E-state index in [1.807, 2.05) is 0 Å². The van der Waals surface area contributed by atoms with E-state index < -0.39 is 0 Å². The van der Waals surface area contributed by atoms with Crippen molar-refractivity contribution in [2.24, 2.45) is 5.92 Å². The van der Waals surface area contributed by atoms with Gasteiger partial charge in [0, 0.05) is 17.3 Å². The molecule has 88 valence electrons. The molecule has 17 heavy (non-hydrogen) atoms. The van der Waals surface area contributed by atoms with Gasteiger partial charge in [0.1, 0.15) is 0 Å². The van der Waals surface area contributed by atoms with Crippen molar-refractivity contribution in [3.8, 4) is 11.3 Å². The van der Waals surface area contributed by atoms with Crippen LogP contribution in [0.5, 0.6) is 0 Å². The number of hydrogen-bond acceptors (Lipinski definition) is 3. The van der Waals surface area contributed by atoms with E-state index in [0.717, 1.165) is 17.2 Å². The summed E-state index contributed by atoms with van der Waals surface area (Å²) in [7, 11) is 0. The van der Waals surface area contributed by atoms with E-state index in [-0.39, 0.29) is 0 Å². The molecule has 0 radical (unpaired) electrons. The highest BCUT2D eigenvalue weighted by Crippen LogP contribution is 2.34. The Labute approximate surface area is 101 Å². The van der Waals surface area contributed by atoms with Crippen molar-refractivity contribution >= 4 is 5.69 Å². The summed E-state index contributed by atoms with van der Waals surface area (Å²) < 4.78 is 5.26. The summed E-state index contributed by atoms with van der Waals surface area (Å²) >= 11 is 0. The Morgan fingerprint density at radius 3 is 2.65 bits per heavy atom. The minimum Gasteiger partial charge on any atom is -0.444 e. The Balaban J connectivity index is 1.71. The van der Waals surface area contributed by atoms with Gasteiger partial charge in [-0.15, -0.1) is 0 Å². The predicted molar refractivity (Wildman–Crippen MR) is 67.7 cm³/mol. The molecule has 1 aromatic carbocycles. The molecule has 3 heteroatoms. The molecule has 0 bridgehead atoms. The number of anilines is 1. The van der Waals surface area contributed by atoms with Crippen molar-refractivity contribution in [3.63, 3.8) is 0 Å². The molecule has 1 saturated carbocycles. The number of benzene rings is 1. The maximum absolute atomic E-state index is 5.26. The molecule has 0 spiro atoms. The fourth-order valence-electron chi connectivity index (χ4n) is 2.07. The largest absolute Gasteiger partial charge is 0.444 e. The molecule has 1 unspecified atom stereocenters. The highest BCUT2D eigenvalue weighted by molar-refractivity contribution is 5.60. The van der Waals surface area contributed by atoms with E-state index in [1.54, 1.807) is 6.20 Å². The minimum atomic E-state index is 0.575. The number of hydrogen-bond donors (Lipinski definition) is 1. The molecule has 0 saturated heterocycles. The fourth-order valence-corrected chi connectivity index (χ4v) is 2.07. The highest BCUT2D eigenvalue weighted by atomic mass is 16.3. The van der Waals surface area contributed by atoms with Crippen LogP contribution in [0.25, 0.3) is 11.3 Å². The van der Waals surface area contributed by atoms with Gasteiger partial charge < -0.3 is 9.73 Å². The summed E-state index contributed by atoms with van der Waals surface area (Å²) in [5.74, 6) is 1.68. The number of nitrogens with one attached hydrogen (secondary N) is 1. The Hall–Kier alpha value is -1.77. The monoisotopic (exact) mass is 228 g/mol. The third-order valence-electron chi connectivity index (χ3n) is 3.33. The second kappa shape index (κ2) is 4.24. The third-order valence-corrected chi connectivity index (χ3v) is 3.33. The van der Waals surface area contributed by atoms with Gasteiger partial charge >= 0.3 is 0 Å². The van der Waals surface area contributed by atoms with Crippen LogP contribution in [0.15, 0.2) is 41.3 Å². The molecule has 1 heterocycles. The fraction of sp³-hybridized carbons (Fsp3) is 0.357. The lowest BCUT2D eigenvalue weighted by Crippen LogP contribution is -2.16. The summed E-state index contributed by atoms with van der Waals surface area (Å²) in [6.45, 7) is 2.25. The second-order valence-corrected chi connectivity index (χ2v) is 4.71. The molecule has 1 aromatic heterocycles. The first-order valence-electron chi connectivity index (χ1n) is 6.08. The van der Waals surface area contributed by atoms with Crippen molar-refractivity contribution < 1.29 is 4.42 Å². The van der Waals surface area contributed by atoms with E-state index >= 15 is 0 Å². The summed E-state index contributed by atoms with van der Waals surface area (Å²) in [5, 5.41) is 3.53. The molecule has 3 rings (SSSR count). The highest BCUT2D eigenvalue weighted by Gasteiger charge is 2.27. The maximum Gasteiger partial charge on any atom is 0.181 e. The van der Waals surface area contributed by atoms with Crippen LogP contribution in [0, 0.1) is 5.92 Å². The van der Waals surface area contributed by atoms with Crippen molar-refractivity contribution in [1.82, 2.24) is 4.98 Å². The van der Waals surface area contributed by atoms with E-state index in [1.165, 1.54) is 24.9 Å². The van der Waals surface area contributed by atoms with E-state index in [0.29, 0.717) is 6.04 Å². The maximum atomic E-state index is 5.26. The zero-order valence-electron chi connectivity index (χ0n) is 9.89. The van der Waals surface area contributed by atoms with Crippen LogP contribution in [0.1, 0.15) is 19.8 Å². The van der Waals surface area contributed by atoms with Crippen molar-refractivity contribution in [2.75, 3.05) is 5.32 Å². The van der Waals surface area contributed by atoms with Gasteiger partial charge in [-0.2, -0.15) is 0 Å². The lowest BCUT2D eigenvalue weighted by Gasteiger charge is -2.14. The molecule has 0 aliphatic heterocycles. The molecule has 1 fully saturated rings. The zero-order chi connectivity index (χ0) is 11.7.